The van der Waals surface area contributed by atoms with E-state index in [9.17, 15) is 4.79 Å². The SMILES string of the molecule is COCCCN=C(NC(=O)c1ccc(Cl)c(Cl)c1)OCC(C)C. The Hall–Kier alpha value is -1.30. The van der Waals surface area contributed by atoms with Gasteiger partial charge in [-0.25, -0.2) is 4.99 Å². The zero-order chi connectivity index (χ0) is 17.2. The maximum absolute atomic E-state index is 12.3. The number of methoxy groups -OCH3 is 1. The molecule has 0 atom stereocenters. The topological polar surface area (TPSA) is 59.9 Å². The van der Waals surface area contributed by atoms with Crippen molar-refractivity contribution in [2.75, 3.05) is 26.9 Å². The molecule has 23 heavy (non-hydrogen) atoms. The Morgan fingerprint density at radius 2 is 2.04 bits per heavy atom. The Balaban J connectivity index is 2.73. The van der Waals surface area contributed by atoms with Gasteiger partial charge in [-0.05, 0) is 30.5 Å². The van der Waals surface area contributed by atoms with Crippen molar-refractivity contribution in [1.29, 1.82) is 0 Å². The van der Waals surface area contributed by atoms with Crippen LogP contribution in [-0.2, 0) is 9.47 Å². The molecule has 0 unspecified atom stereocenters. The van der Waals surface area contributed by atoms with Gasteiger partial charge in [0.05, 0.1) is 16.7 Å². The fraction of sp³-hybridized carbons (Fsp3) is 0.500. The van der Waals surface area contributed by atoms with E-state index in [4.69, 9.17) is 32.7 Å². The fourth-order valence-corrected chi connectivity index (χ4v) is 1.86. The highest BCUT2D eigenvalue weighted by molar-refractivity contribution is 6.42. The summed E-state index contributed by atoms with van der Waals surface area (Å²) in [4.78, 5) is 16.5. The van der Waals surface area contributed by atoms with Crippen LogP contribution in [0.1, 0.15) is 30.6 Å². The summed E-state index contributed by atoms with van der Waals surface area (Å²) >= 11 is 11.8. The fourth-order valence-electron chi connectivity index (χ4n) is 1.56. The van der Waals surface area contributed by atoms with Crippen molar-refractivity contribution < 1.29 is 14.3 Å². The number of carbonyl (C=O) groups is 1. The number of benzene rings is 1. The Labute approximate surface area is 147 Å². The van der Waals surface area contributed by atoms with Crippen molar-refractivity contribution in [3.05, 3.63) is 33.8 Å². The highest BCUT2D eigenvalue weighted by Gasteiger charge is 2.12. The maximum Gasteiger partial charge on any atom is 0.291 e. The third-order valence-electron chi connectivity index (χ3n) is 2.72. The van der Waals surface area contributed by atoms with Gasteiger partial charge in [0.2, 0.25) is 0 Å². The first-order chi connectivity index (χ1) is 10.9. The molecule has 128 valence electrons. The van der Waals surface area contributed by atoms with E-state index in [0.717, 1.165) is 6.42 Å². The predicted octanol–water partition coefficient (Wildman–Crippen LogP) is 3.79. The second-order valence-electron chi connectivity index (χ2n) is 5.32. The third kappa shape index (κ3) is 7.68. The molecule has 0 spiro atoms. The van der Waals surface area contributed by atoms with Crippen LogP contribution in [0.2, 0.25) is 10.0 Å². The summed E-state index contributed by atoms with van der Waals surface area (Å²) in [6.07, 6.45) is 0.744. The summed E-state index contributed by atoms with van der Waals surface area (Å²) in [5, 5.41) is 3.37. The van der Waals surface area contributed by atoms with Crippen LogP contribution in [0.3, 0.4) is 0 Å². The number of amidine groups is 1. The third-order valence-corrected chi connectivity index (χ3v) is 3.46. The van der Waals surface area contributed by atoms with Gasteiger partial charge < -0.3 is 9.47 Å². The van der Waals surface area contributed by atoms with Gasteiger partial charge in [0, 0.05) is 25.8 Å². The van der Waals surface area contributed by atoms with Crippen LogP contribution in [0.25, 0.3) is 0 Å². The normalized spacial score (nSPS) is 11.7. The molecule has 0 aliphatic heterocycles. The number of nitrogens with zero attached hydrogens (tertiary/aromatic N) is 1. The molecule has 1 N–H and O–H groups in total. The first-order valence-electron chi connectivity index (χ1n) is 7.36. The number of aliphatic imine (C=N–C) groups is 1. The molecule has 0 aliphatic rings. The Morgan fingerprint density at radius 1 is 1.30 bits per heavy atom. The maximum atomic E-state index is 12.3. The molecule has 1 rings (SSSR count). The molecule has 0 bridgehead atoms. The van der Waals surface area contributed by atoms with Crippen molar-refractivity contribution in [1.82, 2.24) is 5.32 Å². The van der Waals surface area contributed by atoms with Gasteiger partial charge in [-0.1, -0.05) is 37.0 Å². The van der Waals surface area contributed by atoms with Crippen molar-refractivity contribution in [3.8, 4) is 0 Å². The average molecular weight is 361 g/mol. The van der Waals surface area contributed by atoms with Crippen LogP contribution in [0.5, 0.6) is 0 Å². The number of ether oxygens (including phenoxy) is 2. The van der Waals surface area contributed by atoms with E-state index in [2.05, 4.69) is 10.3 Å². The number of hydrogen-bond donors (Lipinski definition) is 1. The minimum atomic E-state index is -0.349. The van der Waals surface area contributed by atoms with E-state index in [-0.39, 0.29) is 11.9 Å². The van der Waals surface area contributed by atoms with E-state index in [1.807, 2.05) is 13.8 Å². The van der Waals surface area contributed by atoms with E-state index < -0.39 is 0 Å². The Kier molecular flexibility index (Phi) is 8.99. The summed E-state index contributed by atoms with van der Waals surface area (Å²) in [6.45, 7) is 5.60. The molecule has 7 heteroatoms. The van der Waals surface area contributed by atoms with E-state index in [1.54, 1.807) is 19.2 Å². The van der Waals surface area contributed by atoms with Crippen LogP contribution in [0, 0.1) is 5.92 Å². The zero-order valence-corrected chi connectivity index (χ0v) is 15.1. The first-order valence-corrected chi connectivity index (χ1v) is 8.12. The number of halogens is 2. The summed E-state index contributed by atoms with van der Waals surface area (Å²) < 4.78 is 10.5. The molecule has 5 nitrogen and oxygen atoms in total. The van der Waals surface area contributed by atoms with Crippen molar-refractivity contribution in [2.45, 2.75) is 20.3 Å². The Morgan fingerprint density at radius 3 is 2.65 bits per heavy atom. The van der Waals surface area contributed by atoms with Crippen LogP contribution in [0.15, 0.2) is 23.2 Å². The smallest absolute Gasteiger partial charge is 0.291 e. The zero-order valence-electron chi connectivity index (χ0n) is 13.6. The summed E-state index contributed by atoms with van der Waals surface area (Å²) in [6, 6.07) is 4.87. The predicted molar refractivity (Wildman–Crippen MR) is 93.5 cm³/mol. The van der Waals surface area contributed by atoms with Crippen molar-refractivity contribution in [3.63, 3.8) is 0 Å². The molecule has 0 radical (unpaired) electrons. The number of carbonyl (C=O) groups excluding carboxylic acids is 1. The number of nitrogens with one attached hydrogen (secondary N) is 1. The van der Waals surface area contributed by atoms with Gasteiger partial charge in [-0.15, -0.1) is 0 Å². The van der Waals surface area contributed by atoms with Crippen LogP contribution < -0.4 is 5.32 Å². The molecule has 0 saturated heterocycles. The minimum absolute atomic E-state index is 0.200. The summed E-state index contributed by atoms with van der Waals surface area (Å²) in [5.74, 6) is -0.0288. The molecule has 0 heterocycles. The van der Waals surface area contributed by atoms with Gasteiger partial charge in [-0.2, -0.15) is 0 Å². The van der Waals surface area contributed by atoms with Crippen LogP contribution in [-0.4, -0.2) is 38.8 Å². The number of rotatable bonds is 7. The Bertz CT molecular complexity index is 548. The summed E-state index contributed by atoms with van der Waals surface area (Å²) in [7, 11) is 1.63. The quantitative estimate of drug-likeness (QED) is 0.457. The average Bonchev–Trinajstić information content (AvgIpc) is 2.51. The molecule has 1 aromatic carbocycles. The molecule has 0 aromatic heterocycles. The molecule has 0 aliphatic carbocycles. The van der Waals surface area contributed by atoms with Gasteiger partial charge in [0.25, 0.3) is 11.9 Å². The molecule has 1 aromatic rings. The van der Waals surface area contributed by atoms with E-state index in [1.165, 1.54) is 6.07 Å². The van der Waals surface area contributed by atoms with Crippen molar-refractivity contribution in [2.24, 2.45) is 10.9 Å². The first kappa shape index (κ1) is 19.7. The van der Waals surface area contributed by atoms with Gasteiger partial charge in [0.15, 0.2) is 0 Å². The lowest BCUT2D eigenvalue weighted by molar-refractivity contribution is 0.0963. The van der Waals surface area contributed by atoms with Crippen LogP contribution >= 0.6 is 23.2 Å². The molecule has 1 amide bonds. The lowest BCUT2D eigenvalue weighted by atomic mass is 10.2. The van der Waals surface area contributed by atoms with Crippen LogP contribution in [0.4, 0.5) is 0 Å². The highest BCUT2D eigenvalue weighted by atomic mass is 35.5. The van der Waals surface area contributed by atoms with Gasteiger partial charge in [0.1, 0.15) is 0 Å². The van der Waals surface area contributed by atoms with E-state index in [0.29, 0.717) is 41.3 Å². The molecule has 0 fully saturated rings. The molecular formula is C16H22Cl2N2O3. The second-order valence-corrected chi connectivity index (χ2v) is 6.14. The van der Waals surface area contributed by atoms with Gasteiger partial charge >= 0.3 is 0 Å². The lowest BCUT2D eigenvalue weighted by Crippen LogP contribution is -2.33. The second kappa shape index (κ2) is 10.5. The van der Waals surface area contributed by atoms with Crippen molar-refractivity contribution >= 4 is 35.1 Å². The highest BCUT2D eigenvalue weighted by Crippen LogP contribution is 2.22. The van der Waals surface area contributed by atoms with Gasteiger partial charge in [-0.3, -0.25) is 10.1 Å². The largest absolute Gasteiger partial charge is 0.465 e. The lowest BCUT2D eigenvalue weighted by Gasteiger charge is -2.12. The molecule has 0 saturated carbocycles. The minimum Gasteiger partial charge on any atom is -0.465 e. The molecular weight excluding hydrogens is 339 g/mol. The monoisotopic (exact) mass is 360 g/mol. The standard InChI is InChI=1S/C16H22Cl2N2O3/c1-11(2)10-23-16(19-7-4-8-22-3)20-15(21)12-5-6-13(17)14(18)9-12/h5-6,9,11H,4,7-8,10H2,1-3H3,(H,19,20,21). The number of amides is 1. The van der Waals surface area contributed by atoms with E-state index >= 15 is 0 Å². The summed E-state index contributed by atoms with van der Waals surface area (Å²) in [5.41, 5.74) is 0.386. The number of hydrogen-bond acceptors (Lipinski definition) is 4.